The summed E-state index contributed by atoms with van der Waals surface area (Å²) in [7, 11) is 0. The van der Waals surface area contributed by atoms with Crippen molar-refractivity contribution in [3.05, 3.63) is 42.5 Å². The third-order valence-electron chi connectivity index (χ3n) is 4.43. The fraction of sp³-hybridized carbons (Fsp3) is 0.400. The Bertz CT molecular complexity index is 744. The van der Waals surface area contributed by atoms with E-state index in [2.05, 4.69) is 29.4 Å². The van der Waals surface area contributed by atoms with Gasteiger partial charge in [-0.3, -0.25) is 9.59 Å². The van der Waals surface area contributed by atoms with Crippen molar-refractivity contribution in [1.82, 2.24) is 10.2 Å². The van der Waals surface area contributed by atoms with Gasteiger partial charge < -0.3 is 20.6 Å². The zero-order valence-corrected chi connectivity index (χ0v) is 15.4. The number of carbonyl (C=O) groups excluding carboxylic acids is 1. The van der Waals surface area contributed by atoms with E-state index in [1.165, 1.54) is 0 Å². The number of rotatable bonds is 10. The molecule has 0 aliphatic rings. The Morgan fingerprint density at radius 1 is 1.08 bits per heavy atom. The number of carboxylic acid groups (broad SMARTS) is 1. The molecular formula is C20H27N3O3. The van der Waals surface area contributed by atoms with Crippen LogP contribution in [0.5, 0.6) is 0 Å². The van der Waals surface area contributed by atoms with E-state index in [1.54, 1.807) is 0 Å². The molecule has 0 aliphatic heterocycles. The second-order valence-corrected chi connectivity index (χ2v) is 6.19. The van der Waals surface area contributed by atoms with E-state index in [-0.39, 0.29) is 12.3 Å². The molecule has 0 bridgehead atoms. The fourth-order valence-corrected chi connectivity index (χ4v) is 2.85. The summed E-state index contributed by atoms with van der Waals surface area (Å²) >= 11 is 0. The van der Waals surface area contributed by atoms with Crippen LogP contribution in [0.15, 0.2) is 42.5 Å². The first-order valence-corrected chi connectivity index (χ1v) is 9.00. The number of hydrogen-bond donors (Lipinski definition) is 3. The van der Waals surface area contributed by atoms with Gasteiger partial charge in [0.05, 0.1) is 6.42 Å². The Balaban J connectivity index is 1.90. The number of benzene rings is 2. The molecule has 2 aromatic rings. The summed E-state index contributed by atoms with van der Waals surface area (Å²) in [5, 5.41) is 17.2. The number of nitrogens with one attached hydrogen (secondary N) is 2. The topological polar surface area (TPSA) is 81.7 Å². The van der Waals surface area contributed by atoms with Crippen LogP contribution in [0.1, 0.15) is 20.3 Å². The molecule has 0 aromatic heterocycles. The molecule has 0 aliphatic carbocycles. The van der Waals surface area contributed by atoms with Gasteiger partial charge in [0.2, 0.25) is 5.91 Å². The molecule has 0 saturated heterocycles. The number of carboxylic acids is 1. The molecule has 0 heterocycles. The Morgan fingerprint density at radius 2 is 1.77 bits per heavy atom. The maximum Gasteiger partial charge on any atom is 0.321 e. The van der Waals surface area contributed by atoms with E-state index in [4.69, 9.17) is 0 Å². The molecule has 1 amide bonds. The average molecular weight is 357 g/mol. The van der Waals surface area contributed by atoms with Gasteiger partial charge in [0.15, 0.2) is 0 Å². The first-order valence-electron chi connectivity index (χ1n) is 9.00. The molecule has 26 heavy (non-hydrogen) atoms. The standard InChI is InChI=1S/C20H27N3O3/c1-3-23(4-2)12-11-21-18(20(25)26)14-19(24)22-17-10-9-15-7-5-6-8-16(15)13-17/h5-10,13,18,21H,3-4,11-12,14H2,1-2H3,(H,22,24)(H,25,26). The largest absolute Gasteiger partial charge is 0.480 e. The van der Waals surface area contributed by atoms with Crippen molar-refractivity contribution < 1.29 is 14.7 Å². The predicted molar refractivity (Wildman–Crippen MR) is 104 cm³/mol. The molecule has 2 aromatic carbocycles. The molecule has 2 rings (SSSR count). The molecule has 3 N–H and O–H groups in total. The van der Waals surface area contributed by atoms with Crippen molar-refractivity contribution >= 4 is 28.3 Å². The third kappa shape index (κ3) is 5.82. The Morgan fingerprint density at radius 3 is 2.42 bits per heavy atom. The van der Waals surface area contributed by atoms with Crippen LogP contribution in [0.25, 0.3) is 10.8 Å². The van der Waals surface area contributed by atoms with E-state index in [0.29, 0.717) is 12.2 Å². The van der Waals surface area contributed by atoms with Crippen LogP contribution in [0, 0.1) is 0 Å². The van der Waals surface area contributed by atoms with Gasteiger partial charge in [-0.05, 0) is 36.0 Å². The van der Waals surface area contributed by atoms with Gasteiger partial charge >= 0.3 is 5.97 Å². The minimum absolute atomic E-state index is 0.111. The highest BCUT2D eigenvalue weighted by molar-refractivity contribution is 5.96. The lowest BCUT2D eigenvalue weighted by Gasteiger charge is -2.20. The molecule has 0 radical (unpaired) electrons. The van der Waals surface area contributed by atoms with Gasteiger partial charge in [-0.2, -0.15) is 0 Å². The predicted octanol–water partition coefficient (Wildman–Crippen LogP) is 2.55. The number of likely N-dealkylation sites (N-methyl/N-ethyl adjacent to an activating group) is 1. The van der Waals surface area contributed by atoms with E-state index in [0.717, 1.165) is 30.4 Å². The van der Waals surface area contributed by atoms with Crippen LogP contribution in [0.4, 0.5) is 5.69 Å². The van der Waals surface area contributed by atoms with Crippen LogP contribution in [0.2, 0.25) is 0 Å². The highest BCUT2D eigenvalue weighted by Crippen LogP contribution is 2.19. The smallest absolute Gasteiger partial charge is 0.321 e. The Kier molecular flexibility index (Phi) is 7.56. The molecule has 0 spiro atoms. The fourth-order valence-electron chi connectivity index (χ4n) is 2.85. The number of aliphatic carboxylic acids is 1. The van der Waals surface area contributed by atoms with Crippen molar-refractivity contribution in [2.24, 2.45) is 0 Å². The number of fused-ring (bicyclic) bond motifs is 1. The van der Waals surface area contributed by atoms with Crippen LogP contribution < -0.4 is 10.6 Å². The summed E-state index contributed by atoms with van der Waals surface area (Å²) in [6.07, 6.45) is -0.111. The number of hydrogen-bond acceptors (Lipinski definition) is 4. The Hall–Kier alpha value is -2.44. The molecule has 6 nitrogen and oxygen atoms in total. The summed E-state index contributed by atoms with van der Waals surface area (Å²) < 4.78 is 0. The Labute approximate surface area is 154 Å². The summed E-state index contributed by atoms with van der Waals surface area (Å²) in [6, 6.07) is 12.6. The van der Waals surface area contributed by atoms with Crippen LogP contribution in [-0.2, 0) is 9.59 Å². The highest BCUT2D eigenvalue weighted by Gasteiger charge is 2.20. The van der Waals surface area contributed by atoms with E-state index in [1.807, 2.05) is 42.5 Å². The second kappa shape index (κ2) is 9.89. The zero-order valence-electron chi connectivity index (χ0n) is 15.4. The first-order chi connectivity index (χ1) is 12.5. The lowest BCUT2D eigenvalue weighted by atomic mass is 10.1. The van der Waals surface area contributed by atoms with Gasteiger partial charge in [0.1, 0.15) is 6.04 Å². The SMILES string of the molecule is CCN(CC)CCNC(CC(=O)Nc1ccc2ccccc2c1)C(=O)O. The van der Waals surface area contributed by atoms with Crippen molar-refractivity contribution in [2.75, 3.05) is 31.5 Å². The monoisotopic (exact) mass is 357 g/mol. The third-order valence-corrected chi connectivity index (χ3v) is 4.43. The van der Waals surface area contributed by atoms with E-state index >= 15 is 0 Å². The summed E-state index contributed by atoms with van der Waals surface area (Å²) in [5.41, 5.74) is 0.668. The van der Waals surface area contributed by atoms with Crippen LogP contribution in [0.3, 0.4) is 0 Å². The maximum absolute atomic E-state index is 12.2. The maximum atomic E-state index is 12.2. The van der Waals surface area contributed by atoms with E-state index < -0.39 is 12.0 Å². The highest BCUT2D eigenvalue weighted by atomic mass is 16.4. The number of carbonyl (C=O) groups is 2. The van der Waals surface area contributed by atoms with E-state index in [9.17, 15) is 14.7 Å². The first kappa shape index (κ1) is 19.9. The number of anilines is 1. The molecule has 1 atom stereocenters. The van der Waals surface area contributed by atoms with Crippen molar-refractivity contribution in [2.45, 2.75) is 26.3 Å². The quantitative estimate of drug-likeness (QED) is 0.609. The summed E-state index contributed by atoms with van der Waals surface area (Å²) in [6.45, 7) is 7.24. The van der Waals surface area contributed by atoms with Crippen molar-refractivity contribution in [3.8, 4) is 0 Å². The van der Waals surface area contributed by atoms with Crippen LogP contribution >= 0.6 is 0 Å². The lowest BCUT2D eigenvalue weighted by molar-refractivity contribution is -0.141. The molecule has 1 unspecified atom stereocenters. The van der Waals surface area contributed by atoms with Crippen molar-refractivity contribution in [1.29, 1.82) is 0 Å². The molecular weight excluding hydrogens is 330 g/mol. The summed E-state index contributed by atoms with van der Waals surface area (Å²) in [4.78, 5) is 25.9. The molecule has 6 heteroatoms. The van der Waals surface area contributed by atoms with Crippen molar-refractivity contribution in [3.63, 3.8) is 0 Å². The minimum atomic E-state index is -1.02. The van der Waals surface area contributed by atoms with Gasteiger partial charge in [0, 0.05) is 18.8 Å². The molecule has 0 saturated carbocycles. The number of nitrogens with zero attached hydrogens (tertiary/aromatic N) is 1. The zero-order chi connectivity index (χ0) is 18.9. The lowest BCUT2D eigenvalue weighted by Crippen LogP contribution is -2.43. The average Bonchev–Trinajstić information content (AvgIpc) is 2.64. The van der Waals surface area contributed by atoms with Crippen LogP contribution in [-0.4, -0.2) is 54.1 Å². The minimum Gasteiger partial charge on any atom is -0.480 e. The van der Waals surface area contributed by atoms with Gasteiger partial charge in [0.25, 0.3) is 0 Å². The van der Waals surface area contributed by atoms with Gasteiger partial charge in [-0.25, -0.2) is 0 Å². The second-order valence-electron chi connectivity index (χ2n) is 6.19. The molecule has 0 fully saturated rings. The van der Waals surface area contributed by atoms with Gasteiger partial charge in [-0.15, -0.1) is 0 Å². The van der Waals surface area contributed by atoms with Gasteiger partial charge in [-0.1, -0.05) is 44.2 Å². The molecule has 140 valence electrons. The summed E-state index contributed by atoms with van der Waals surface area (Å²) in [5.74, 6) is -1.33. The normalized spacial score (nSPS) is 12.3. The number of amides is 1.